The predicted molar refractivity (Wildman–Crippen MR) is 86.7 cm³/mol. The summed E-state index contributed by atoms with van der Waals surface area (Å²) in [5.41, 5.74) is 0.544. The van der Waals surface area contributed by atoms with Crippen LogP contribution in [0, 0.1) is 0 Å². The molecule has 0 aliphatic carbocycles. The van der Waals surface area contributed by atoms with Crippen molar-refractivity contribution in [3.05, 3.63) is 24.3 Å². The van der Waals surface area contributed by atoms with Crippen LogP contribution in [-0.4, -0.2) is 73.2 Å². The Morgan fingerprint density at radius 1 is 1.26 bits per heavy atom. The van der Waals surface area contributed by atoms with Crippen molar-refractivity contribution >= 4 is 17.6 Å². The number of benzene rings is 1. The lowest BCUT2D eigenvalue weighted by atomic mass is 10.1. The SMILES string of the molecule is COc1ccccc1NC(=O)C[C@H](C(=O)O)N1CCN(C)CC1. The molecule has 7 heteroatoms. The van der Waals surface area contributed by atoms with Crippen LogP contribution in [0.15, 0.2) is 24.3 Å². The first-order valence-electron chi connectivity index (χ1n) is 7.59. The van der Waals surface area contributed by atoms with Gasteiger partial charge in [0.15, 0.2) is 0 Å². The van der Waals surface area contributed by atoms with Gasteiger partial charge < -0.3 is 20.1 Å². The van der Waals surface area contributed by atoms with Crippen LogP contribution in [0.4, 0.5) is 5.69 Å². The standard InChI is InChI=1S/C16H23N3O4/c1-18-7-9-19(10-8-18)13(16(21)22)11-15(20)17-12-5-3-4-6-14(12)23-2/h3-6,13H,7-11H2,1-2H3,(H,17,20)(H,21,22)/t13-/m1/s1. The van der Waals surface area contributed by atoms with Gasteiger partial charge in [-0.3, -0.25) is 14.5 Å². The van der Waals surface area contributed by atoms with Crippen molar-refractivity contribution in [3.63, 3.8) is 0 Å². The Bertz CT molecular complexity index is 556. The average molecular weight is 321 g/mol. The van der Waals surface area contributed by atoms with Gasteiger partial charge in [0, 0.05) is 26.2 Å². The van der Waals surface area contributed by atoms with Crippen LogP contribution >= 0.6 is 0 Å². The zero-order chi connectivity index (χ0) is 16.8. The average Bonchev–Trinajstić information content (AvgIpc) is 2.54. The van der Waals surface area contributed by atoms with Crippen molar-refractivity contribution in [2.45, 2.75) is 12.5 Å². The number of rotatable bonds is 6. The van der Waals surface area contributed by atoms with Gasteiger partial charge in [0.2, 0.25) is 5.91 Å². The summed E-state index contributed by atoms with van der Waals surface area (Å²) in [6.45, 7) is 2.90. The molecule has 23 heavy (non-hydrogen) atoms. The highest BCUT2D eigenvalue weighted by Gasteiger charge is 2.30. The van der Waals surface area contributed by atoms with Gasteiger partial charge in [0.1, 0.15) is 11.8 Å². The number of amides is 1. The number of hydrogen-bond acceptors (Lipinski definition) is 5. The van der Waals surface area contributed by atoms with E-state index in [1.165, 1.54) is 7.11 Å². The molecule has 0 spiro atoms. The molecule has 2 rings (SSSR count). The third-order valence-electron chi connectivity index (χ3n) is 4.02. The normalized spacial score (nSPS) is 17.5. The molecule has 1 saturated heterocycles. The number of nitrogens with zero attached hydrogens (tertiary/aromatic N) is 2. The Hall–Kier alpha value is -2.12. The number of likely N-dealkylation sites (N-methyl/N-ethyl adjacent to an activating group) is 1. The van der Waals surface area contributed by atoms with E-state index in [1.807, 2.05) is 11.9 Å². The molecule has 126 valence electrons. The van der Waals surface area contributed by atoms with E-state index >= 15 is 0 Å². The maximum atomic E-state index is 12.2. The van der Waals surface area contributed by atoms with Crippen LogP contribution in [0.1, 0.15) is 6.42 Å². The molecule has 7 nitrogen and oxygen atoms in total. The lowest BCUT2D eigenvalue weighted by Crippen LogP contribution is -2.52. The summed E-state index contributed by atoms with van der Waals surface area (Å²) in [7, 11) is 3.52. The fourth-order valence-electron chi connectivity index (χ4n) is 2.63. The highest BCUT2D eigenvalue weighted by molar-refractivity contribution is 5.95. The summed E-state index contributed by atoms with van der Waals surface area (Å²) < 4.78 is 5.18. The Morgan fingerprint density at radius 3 is 2.52 bits per heavy atom. The fraction of sp³-hybridized carbons (Fsp3) is 0.500. The van der Waals surface area contributed by atoms with Crippen molar-refractivity contribution in [3.8, 4) is 5.75 Å². The molecule has 0 unspecified atom stereocenters. The van der Waals surface area contributed by atoms with E-state index in [9.17, 15) is 14.7 Å². The van der Waals surface area contributed by atoms with Crippen LogP contribution in [0.5, 0.6) is 5.75 Å². The van der Waals surface area contributed by atoms with Gasteiger partial charge in [0.05, 0.1) is 19.2 Å². The van der Waals surface area contributed by atoms with Crippen LogP contribution in [0.3, 0.4) is 0 Å². The van der Waals surface area contributed by atoms with Crippen LogP contribution in [0.2, 0.25) is 0 Å². The minimum absolute atomic E-state index is 0.0862. The first kappa shape index (κ1) is 17.2. The summed E-state index contributed by atoms with van der Waals surface area (Å²) in [5, 5.41) is 12.2. The number of carboxylic acid groups (broad SMARTS) is 1. The van der Waals surface area contributed by atoms with Crippen LogP contribution in [-0.2, 0) is 9.59 Å². The number of anilines is 1. The van der Waals surface area contributed by atoms with Crippen LogP contribution < -0.4 is 10.1 Å². The first-order valence-corrected chi connectivity index (χ1v) is 7.59. The summed E-state index contributed by atoms with van der Waals surface area (Å²) in [6.07, 6.45) is -0.0862. The van der Waals surface area contributed by atoms with Crippen molar-refractivity contribution < 1.29 is 19.4 Å². The molecule has 1 heterocycles. The van der Waals surface area contributed by atoms with Gasteiger partial charge in [0.25, 0.3) is 0 Å². The molecule has 1 aliphatic rings. The number of para-hydroxylation sites is 2. The smallest absolute Gasteiger partial charge is 0.321 e. The van der Waals surface area contributed by atoms with Crippen molar-refractivity contribution in [2.24, 2.45) is 0 Å². The third-order valence-corrected chi connectivity index (χ3v) is 4.02. The van der Waals surface area contributed by atoms with E-state index in [2.05, 4.69) is 10.2 Å². The number of aliphatic carboxylic acids is 1. The molecule has 0 radical (unpaired) electrons. The highest BCUT2D eigenvalue weighted by Crippen LogP contribution is 2.23. The number of hydrogen-bond donors (Lipinski definition) is 2. The number of methoxy groups -OCH3 is 1. The van der Waals surface area contributed by atoms with Crippen molar-refractivity contribution in [1.29, 1.82) is 0 Å². The maximum Gasteiger partial charge on any atom is 0.321 e. The molecule has 0 aromatic heterocycles. The second kappa shape index (κ2) is 7.94. The minimum atomic E-state index is -0.968. The zero-order valence-corrected chi connectivity index (χ0v) is 13.5. The number of piperazine rings is 1. The molecule has 1 fully saturated rings. The molecule has 1 atom stereocenters. The largest absolute Gasteiger partial charge is 0.495 e. The Labute approximate surface area is 135 Å². The second-order valence-electron chi connectivity index (χ2n) is 5.65. The Balaban J connectivity index is 1.99. The number of carbonyl (C=O) groups is 2. The molecule has 1 aromatic rings. The number of nitrogens with one attached hydrogen (secondary N) is 1. The van der Waals surface area contributed by atoms with Gasteiger partial charge >= 0.3 is 5.97 Å². The van der Waals surface area contributed by atoms with Gasteiger partial charge in [-0.15, -0.1) is 0 Å². The molecular weight excluding hydrogens is 298 g/mol. The Morgan fingerprint density at radius 2 is 1.91 bits per heavy atom. The van der Waals surface area contributed by atoms with E-state index in [-0.39, 0.29) is 12.3 Å². The molecule has 1 aromatic carbocycles. The van der Waals surface area contributed by atoms with Crippen molar-refractivity contribution in [2.75, 3.05) is 45.7 Å². The predicted octanol–water partition coefficient (Wildman–Crippen LogP) is 0.724. The molecule has 0 saturated carbocycles. The summed E-state index contributed by atoms with van der Waals surface area (Å²) >= 11 is 0. The molecule has 0 bridgehead atoms. The van der Waals surface area contributed by atoms with E-state index in [0.717, 1.165) is 13.1 Å². The third kappa shape index (κ3) is 4.67. The van der Waals surface area contributed by atoms with Gasteiger partial charge in [-0.25, -0.2) is 0 Å². The fourth-order valence-corrected chi connectivity index (χ4v) is 2.63. The molecule has 1 amide bonds. The van der Waals surface area contributed by atoms with E-state index in [1.54, 1.807) is 24.3 Å². The van der Waals surface area contributed by atoms with Crippen LogP contribution in [0.25, 0.3) is 0 Å². The lowest BCUT2D eigenvalue weighted by Gasteiger charge is -2.35. The summed E-state index contributed by atoms with van der Waals surface area (Å²) in [4.78, 5) is 27.8. The van der Waals surface area contributed by atoms with Crippen molar-refractivity contribution in [1.82, 2.24) is 9.80 Å². The molecular formula is C16H23N3O4. The number of carbonyl (C=O) groups excluding carboxylic acids is 1. The van der Waals surface area contributed by atoms with E-state index in [4.69, 9.17) is 4.74 Å². The highest BCUT2D eigenvalue weighted by atomic mass is 16.5. The molecule has 1 aliphatic heterocycles. The first-order chi connectivity index (χ1) is 11.0. The topological polar surface area (TPSA) is 82.1 Å². The monoisotopic (exact) mass is 321 g/mol. The quantitative estimate of drug-likeness (QED) is 0.804. The van der Waals surface area contributed by atoms with Gasteiger partial charge in [-0.1, -0.05) is 12.1 Å². The maximum absolute atomic E-state index is 12.2. The minimum Gasteiger partial charge on any atom is -0.495 e. The van der Waals surface area contributed by atoms with E-state index in [0.29, 0.717) is 24.5 Å². The Kier molecular flexibility index (Phi) is 5.95. The van der Waals surface area contributed by atoms with Gasteiger partial charge in [-0.05, 0) is 19.2 Å². The summed E-state index contributed by atoms with van der Waals surface area (Å²) in [6, 6.07) is 6.25. The van der Waals surface area contributed by atoms with Gasteiger partial charge in [-0.2, -0.15) is 0 Å². The summed E-state index contributed by atoms with van der Waals surface area (Å²) in [5.74, 6) is -0.752. The number of carboxylic acids is 1. The number of ether oxygens (including phenoxy) is 1. The lowest BCUT2D eigenvalue weighted by molar-refractivity contribution is -0.145. The van der Waals surface area contributed by atoms with E-state index < -0.39 is 12.0 Å². The zero-order valence-electron chi connectivity index (χ0n) is 13.5. The second-order valence-corrected chi connectivity index (χ2v) is 5.65. The molecule has 2 N–H and O–H groups in total.